The number of carbonyl (C=O) groups is 2. The summed E-state index contributed by atoms with van der Waals surface area (Å²) >= 11 is 0. The van der Waals surface area contributed by atoms with Crippen LogP contribution >= 0.6 is 0 Å². The molecule has 1 atom stereocenters. The highest BCUT2D eigenvalue weighted by atomic mass is 19.3. The third kappa shape index (κ3) is 5.02. The number of benzene rings is 1. The Morgan fingerprint density at radius 2 is 2.04 bits per heavy atom. The van der Waals surface area contributed by atoms with Gasteiger partial charge in [0.05, 0.1) is 12.2 Å². The fourth-order valence-electron chi connectivity index (χ4n) is 2.72. The molecule has 1 fully saturated rings. The van der Waals surface area contributed by atoms with Gasteiger partial charge in [-0.25, -0.2) is 18.6 Å². The largest absolute Gasteiger partial charge is 0.445 e. The van der Waals surface area contributed by atoms with E-state index in [1.54, 1.807) is 31.2 Å². The van der Waals surface area contributed by atoms with Crippen molar-refractivity contribution in [3.63, 3.8) is 0 Å². The Morgan fingerprint density at radius 1 is 1.33 bits per heavy atom. The van der Waals surface area contributed by atoms with Gasteiger partial charge in [0.15, 0.2) is 18.8 Å². The Morgan fingerprint density at radius 3 is 2.63 bits per heavy atom. The summed E-state index contributed by atoms with van der Waals surface area (Å²) in [6.07, 6.45) is 1.25. The number of amides is 2. The topological polar surface area (TPSA) is 93.5 Å². The molecule has 1 aromatic heterocycles. The predicted molar refractivity (Wildman–Crippen MR) is 91.0 cm³/mol. The smallest absolute Gasteiger partial charge is 0.412 e. The van der Waals surface area contributed by atoms with E-state index in [2.05, 4.69) is 15.6 Å². The van der Waals surface area contributed by atoms with Crippen LogP contribution in [0.4, 0.5) is 19.3 Å². The average molecular weight is 379 g/mol. The molecule has 1 aliphatic rings. The molecule has 2 N–H and O–H groups in total. The zero-order valence-corrected chi connectivity index (χ0v) is 14.6. The van der Waals surface area contributed by atoms with Crippen LogP contribution in [0.5, 0.6) is 0 Å². The Bertz CT molecular complexity index is 785. The van der Waals surface area contributed by atoms with Crippen LogP contribution in [0.15, 0.2) is 41.3 Å². The first-order valence-electron chi connectivity index (χ1n) is 8.42. The summed E-state index contributed by atoms with van der Waals surface area (Å²) in [6, 6.07) is 6.44. The molecule has 2 aromatic rings. The van der Waals surface area contributed by atoms with Crippen LogP contribution in [0.2, 0.25) is 0 Å². The molecule has 2 amide bonds. The zero-order valence-electron chi connectivity index (χ0n) is 14.6. The van der Waals surface area contributed by atoms with E-state index >= 15 is 0 Å². The lowest BCUT2D eigenvalue weighted by Gasteiger charge is -2.34. The highest BCUT2D eigenvalue weighted by Crippen LogP contribution is 2.42. The summed E-state index contributed by atoms with van der Waals surface area (Å²) in [5.74, 6) is -3.30. The van der Waals surface area contributed by atoms with Crippen LogP contribution in [0.1, 0.15) is 37.1 Å². The Balaban J connectivity index is 1.46. The molecule has 1 aliphatic carbocycles. The van der Waals surface area contributed by atoms with E-state index in [1.165, 1.54) is 12.6 Å². The molecule has 7 nitrogen and oxygen atoms in total. The summed E-state index contributed by atoms with van der Waals surface area (Å²) in [6.45, 7) is 1.73. The van der Waals surface area contributed by atoms with E-state index in [9.17, 15) is 18.4 Å². The number of hydrogen-bond donors (Lipinski definition) is 2. The number of ether oxygens (including phenoxy) is 1. The van der Waals surface area contributed by atoms with E-state index in [0.717, 1.165) is 5.56 Å². The lowest BCUT2D eigenvalue weighted by Crippen LogP contribution is -2.45. The highest BCUT2D eigenvalue weighted by Gasteiger charge is 2.48. The number of rotatable bonds is 6. The van der Waals surface area contributed by atoms with Crippen LogP contribution in [0, 0.1) is 5.92 Å². The quantitative estimate of drug-likeness (QED) is 0.799. The Labute approximate surface area is 154 Å². The van der Waals surface area contributed by atoms with Crippen molar-refractivity contribution in [2.45, 2.75) is 38.3 Å². The van der Waals surface area contributed by atoms with Crippen LogP contribution in [-0.2, 0) is 16.1 Å². The minimum Gasteiger partial charge on any atom is -0.445 e. The average Bonchev–Trinajstić information content (AvgIpc) is 3.12. The van der Waals surface area contributed by atoms with Crippen molar-refractivity contribution in [2.75, 3.05) is 5.32 Å². The van der Waals surface area contributed by atoms with Crippen LogP contribution in [0.25, 0.3) is 0 Å². The third-order valence-corrected chi connectivity index (χ3v) is 4.31. The first-order chi connectivity index (χ1) is 12.8. The van der Waals surface area contributed by atoms with E-state index < -0.39 is 30.8 Å². The van der Waals surface area contributed by atoms with Gasteiger partial charge in [-0.1, -0.05) is 12.1 Å². The number of anilines is 1. The number of oxazole rings is 1. The second-order valence-electron chi connectivity index (χ2n) is 6.48. The van der Waals surface area contributed by atoms with Gasteiger partial charge in [-0.05, 0) is 24.6 Å². The van der Waals surface area contributed by atoms with Crippen molar-refractivity contribution in [1.82, 2.24) is 10.3 Å². The van der Waals surface area contributed by atoms with Crippen molar-refractivity contribution in [2.24, 2.45) is 5.92 Å². The number of nitrogens with one attached hydrogen (secondary N) is 2. The zero-order chi connectivity index (χ0) is 19.4. The number of halogens is 2. The molecule has 0 radical (unpaired) electrons. The SMILES string of the molecule is CC(NC(=O)C1CC(F)(F)C1)c1ccc(NC(=O)OCc2cnco2)cc1. The van der Waals surface area contributed by atoms with Gasteiger partial charge in [0, 0.05) is 24.4 Å². The van der Waals surface area contributed by atoms with E-state index in [1.807, 2.05) is 0 Å². The second kappa shape index (κ2) is 7.73. The molecule has 1 aromatic carbocycles. The molecule has 144 valence electrons. The van der Waals surface area contributed by atoms with Crippen molar-refractivity contribution < 1.29 is 27.5 Å². The number of aromatic nitrogens is 1. The third-order valence-electron chi connectivity index (χ3n) is 4.31. The molecular weight excluding hydrogens is 360 g/mol. The van der Waals surface area contributed by atoms with Gasteiger partial charge in [0.2, 0.25) is 11.8 Å². The number of nitrogens with zero attached hydrogens (tertiary/aromatic N) is 1. The van der Waals surface area contributed by atoms with Crippen LogP contribution in [-0.4, -0.2) is 22.9 Å². The maximum absolute atomic E-state index is 12.9. The minimum atomic E-state index is -2.72. The molecule has 9 heteroatoms. The molecule has 1 saturated carbocycles. The summed E-state index contributed by atoms with van der Waals surface area (Å²) < 4.78 is 35.7. The predicted octanol–water partition coefficient (Wildman–Crippen LogP) is 3.65. The van der Waals surface area contributed by atoms with Gasteiger partial charge in [-0.15, -0.1) is 0 Å². The molecule has 0 aliphatic heterocycles. The van der Waals surface area contributed by atoms with E-state index in [4.69, 9.17) is 9.15 Å². The molecule has 0 bridgehead atoms. The van der Waals surface area contributed by atoms with Gasteiger partial charge in [0.25, 0.3) is 0 Å². The summed E-state index contributed by atoms with van der Waals surface area (Å²) in [7, 11) is 0. The molecule has 1 heterocycles. The van der Waals surface area contributed by atoms with Gasteiger partial charge in [-0.3, -0.25) is 10.1 Å². The fourth-order valence-corrected chi connectivity index (χ4v) is 2.72. The summed E-state index contributed by atoms with van der Waals surface area (Å²) in [5.41, 5.74) is 1.30. The number of carbonyl (C=O) groups excluding carboxylic acids is 2. The Hall–Kier alpha value is -2.97. The van der Waals surface area contributed by atoms with Crippen molar-refractivity contribution >= 4 is 17.7 Å². The van der Waals surface area contributed by atoms with Crippen LogP contribution < -0.4 is 10.6 Å². The van der Waals surface area contributed by atoms with Gasteiger partial charge in [0.1, 0.15) is 0 Å². The van der Waals surface area contributed by atoms with Crippen LogP contribution in [0.3, 0.4) is 0 Å². The highest BCUT2D eigenvalue weighted by molar-refractivity contribution is 5.84. The molecule has 0 saturated heterocycles. The van der Waals surface area contributed by atoms with Gasteiger partial charge >= 0.3 is 6.09 Å². The van der Waals surface area contributed by atoms with Crippen molar-refractivity contribution in [1.29, 1.82) is 0 Å². The maximum Gasteiger partial charge on any atom is 0.412 e. The minimum absolute atomic E-state index is 0.0345. The normalized spacial score (nSPS) is 16.9. The summed E-state index contributed by atoms with van der Waals surface area (Å²) in [5, 5.41) is 5.29. The standard InChI is InChI=1S/C18H19F2N3O4/c1-11(22-16(24)13-6-18(19,20)7-13)12-2-4-14(5-3-12)23-17(25)26-9-15-8-21-10-27-15/h2-5,8,10-11,13H,6-7,9H2,1H3,(H,22,24)(H,23,25). The van der Waals surface area contributed by atoms with Gasteiger partial charge < -0.3 is 14.5 Å². The maximum atomic E-state index is 12.9. The molecule has 27 heavy (non-hydrogen) atoms. The summed E-state index contributed by atoms with van der Waals surface area (Å²) in [4.78, 5) is 27.4. The lowest BCUT2D eigenvalue weighted by atomic mass is 9.80. The van der Waals surface area contributed by atoms with Crippen molar-refractivity contribution in [3.8, 4) is 0 Å². The molecule has 0 spiro atoms. The number of alkyl halides is 2. The van der Waals surface area contributed by atoms with E-state index in [0.29, 0.717) is 11.4 Å². The first-order valence-corrected chi connectivity index (χ1v) is 8.42. The first kappa shape index (κ1) is 18.8. The second-order valence-corrected chi connectivity index (χ2v) is 6.48. The fraction of sp³-hybridized carbons (Fsp3) is 0.389. The molecule has 1 unspecified atom stereocenters. The van der Waals surface area contributed by atoms with E-state index in [-0.39, 0.29) is 18.6 Å². The lowest BCUT2D eigenvalue weighted by molar-refractivity contribution is -0.150. The number of hydrogen-bond acceptors (Lipinski definition) is 5. The molecular formula is C18H19F2N3O4. The van der Waals surface area contributed by atoms with Crippen molar-refractivity contribution in [3.05, 3.63) is 48.2 Å². The monoisotopic (exact) mass is 379 g/mol. The molecule has 3 rings (SSSR count). The Kier molecular flexibility index (Phi) is 5.38. The van der Waals surface area contributed by atoms with Gasteiger partial charge in [-0.2, -0.15) is 0 Å².